The molecule has 108 valence electrons. The van der Waals surface area contributed by atoms with Gasteiger partial charge in [-0.05, 0) is 35.7 Å². The molecule has 1 aliphatic rings. The molecule has 1 N–H and O–H groups in total. The lowest BCUT2D eigenvalue weighted by molar-refractivity contribution is 0.0731. The molecule has 5 nitrogen and oxygen atoms in total. The van der Waals surface area contributed by atoms with Crippen molar-refractivity contribution < 1.29 is 14.6 Å². The van der Waals surface area contributed by atoms with Crippen molar-refractivity contribution in [3.8, 4) is 11.5 Å². The Labute approximate surface area is 122 Å². The first-order valence-electron chi connectivity index (χ1n) is 6.77. The highest BCUT2D eigenvalue weighted by Crippen LogP contribution is 2.26. The van der Waals surface area contributed by atoms with Gasteiger partial charge in [0, 0.05) is 19.3 Å². The van der Waals surface area contributed by atoms with Gasteiger partial charge < -0.3 is 14.7 Å². The minimum absolute atomic E-state index is 0.0803. The van der Waals surface area contributed by atoms with Crippen molar-refractivity contribution in [3.05, 3.63) is 53.3 Å². The van der Waals surface area contributed by atoms with Crippen LogP contribution in [-0.2, 0) is 13.0 Å². The van der Waals surface area contributed by atoms with Gasteiger partial charge in [0.05, 0.1) is 18.9 Å². The quantitative estimate of drug-likeness (QED) is 0.916. The largest absolute Gasteiger partial charge is 0.508 e. The molecule has 1 amide bonds. The second-order valence-electron chi connectivity index (χ2n) is 5.01. The second-order valence-corrected chi connectivity index (χ2v) is 5.01. The van der Waals surface area contributed by atoms with Crippen molar-refractivity contribution in [1.29, 1.82) is 0 Å². The Hall–Kier alpha value is -2.56. The van der Waals surface area contributed by atoms with E-state index in [-0.39, 0.29) is 11.7 Å². The molecule has 0 saturated heterocycles. The van der Waals surface area contributed by atoms with Crippen LogP contribution in [0.15, 0.2) is 36.7 Å². The number of rotatable bonds is 2. The summed E-state index contributed by atoms with van der Waals surface area (Å²) in [4.78, 5) is 18.4. The van der Waals surface area contributed by atoms with Crippen LogP contribution in [0.1, 0.15) is 21.5 Å². The van der Waals surface area contributed by atoms with E-state index in [0.717, 1.165) is 12.0 Å². The maximum absolute atomic E-state index is 12.6. The van der Waals surface area contributed by atoms with E-state index in [9.17, 15) is 9.90 Å². The molecule has 0 spiro atoms. The normalized spacial score (nSPS) is 13.7. The lowest BCUT2D eigenvalue weighted by atomic mass is 9.99. The van der Waals surface area contributed by atoms with Gasteiger partial charge in [-0.15, -0.1) is 0 Å². The molecule has 1 aromatic heterocycles. The van der Waals surface area contributed by atoms with Crippen LogP contribution in [0.2, 0.25) is 0 Å². The van der Waals surface area contributed by atoms with E-state index in [4.69, 9.17) is 4.74 Å². The van der Waals surface area contributed by atoms with Crippen molar-refractivity contribution in [2.45, 2.75) is 13.0 Å². The van der Waals surface area contributed by atoms with Crippen LogP contribution in [0.25, 0.3) is 0 Å². The molecule has 3 rings (SSSR count). The van der Waals surface area contributed by atoms with Crippen LogP contribution >= 0.6 is 0 Å². The number of phenols is 1. The fraction of sp³-hybridized carbons (Fsp3) is 0.250. The van der Waals surface area contributed by atoms with Crippen molar-refractivity contribution in [1.82, 2.24) is 9.88 Å². The Morgan fingerprint density at radius 2 is 2.19 bits per heavy atom. The van der Waals surface area contributed by atoms with Gasteiger partial charge in [-0.3, -0.25) is 9.78 Å². The SMILES string of the molecule is COc1cnccc1C(=O)N1CCc2ccc(O)cc2C1. The number of aromatic nitrogens is 1. The summed E-state index contributed by atoms with van der Waals surface area (Å²) in [5.41, 5.74) is 2.68. The summed E-state index contributed by atoms with van der Waals surface area (Å²) in [6, 6.07) is 6.99. The molecule has 0 atom stereocenters. The highest BCUT2D eigenvalue weighted by Gasteiger charge is 2.24. The number of hydrogen-bond donors (Lipinski definition) is 1. The monoisotopic (exact) mass is 284 g/mol. The molecule has 0 fully saturated rings. The minimum Gasteiger partial charge on any atom is -0.508 e. The molecule has 0 unspecified atom stereocenters. The van der Waals surface area contributed by atoms with Crippen LogP contribution in [-0.4, -0.2) is 34.6 Å². The number of fused-ring (bicyclic) bond motifs is 1. The van der Waals surface area contributed by atoms with Crippen LogP contribution in [0.4, 0.5) is 0 Å². The number of ether oxygens (including phenoxy) is 1. The number of aromatic hydroxyl groups is 1. The van der Waals surface area contributed by atoms with Gasteiger partial charge in [0.25, 0.3) is 5.91 Å². The first-order valence-corrected chi connectivity index (χ1v) is 6.77. The summed E-state index contributed by atoms with van der Waals surface area (Å²) in [5, 5.41) is 9.58. The van der Waals surface area contributed by atoms with E-state index < -0.39 is 0 Å². The van der Waals surface area contributed by atoms with Crippen molar-refractivity contribution in [2.75, 3.05) is 13.7 Å². The van der Waals surface area contributed by atoms with Gasteiger partial charge >= 0.3 is 0 Å². The third-order valence-electron chi connectivity index (χ3n) is 3.72. The highest BCUT2D eigenvalue weighted by atomic mass is 16.5. The third-order valence-corrected chi connectivity index (χ3v) is 3.72. The predicted molar refractivity (Wildman–Crippen MR) is 77.3 cm³/mol. The molecule has 0 aliphatic carbocycles. The lowest BCUT2D eigenvalue weighted by Crippen LogP contribution is -2.36. The molecule has 1 aromatic carbocycles. The summed E-state index contributed by atoms with van der Waals surface area (Å²) < 4.78 is 5.20. The zero-order valence-electron chi connectivity index (χ0n) is 11.7. The molecular weight excluding hydrogens is 268 g/mol. The molecule has 0 saturated carbocycles. The Morgan fingerprint density at radius 3 is 3.00 bits per heavy atom. The molecule has 1 aliphatic heterocycles. The van der Waals surface area contributed by atoms with E-state index in [1.54, 1.807) is 29.3 Å². The van der Waals surface area contributed by atoms with E-state index in [1.807, 2.05) is 6.07 Å². The van der Waals surface area contributed by atoms with Crippen molar-refractivity contribution in [3.63, 3.8) is 0 Å². The Kier molecular flexibility index (Phi) is 3.48. The summed E-state index contributed by atoms with van der Waals surface area (Å²) in [6.45, 7) is 1.15. The van der Waals surface area contributed by atoms with Gasteiger partial charge in [0.15, 0.2) is 0 Å². The summed E-state index contributed by atoms with van der Waals surface area (Å²) in [5.74, 6) is 0.622. The van der Waals surface area contributed by atoms with E-state index in [0.29, 0.717) is 24.4 Å². The summed E-state index contributed by atoms with van der Waals surface area (Å²) >= 11 is 0. The number of hydrogen-bond acceptors (Lipinski definition) is 4. The molecular formula is C16H16N2O3. The molecule has 5 heteroatoms. The van der Waals surface area contributed by atoms with Crippen LogP contribution in [0, 0.1) is 0 Å². The Balaban J connectivity index is 1.87. The maximum Gasteiger partial charge on any atom is 0.258 e. The standard InChI is InChI=1S/C16H16N2O3/c1-21-15-9-17-6-4-14(15)16(20)18-7-5-11-2-3-13(19)8-12(11)10-18/h2-4,6,8-9,19H,5,7,10H2,1H3. The van der Waals surface area contributed by atoms with Crippen LogP contribution < -0.4 is 4.74 Å². The van der Waals surface area contributed by atoms with Crippen LogP contribution in [0.5, 0.6) is 11.5 Å². The van der Waals surface area contributed by atoms with Gasteiger partial charge in [0.2, 0.25) is 0 Å². The summed E-state index contributed by atoms with van der Waals surface area (Å²) in [6.07, 6.45) is 3.91. The number of benzene rings is 1. The molecule has 0 radical (unpaired) electrons. The van der Waals surface area contributed by atoms with E-state index in [1.165, 1.54) is 18.9 Å². The second kappa shape index (κ2) is 5.44. The molecule has 2 aromatic rings. The first-order chi connectivity index (χ1) is 10.2. The number of nitrogens with zero attached hydrogens (tertiary/aromatic N) is 2. The zero-order chi connectivity index (χ0) is 14.8. The van der Waals surface area contributed by atoms with E-state index in [2.05, 4.69) is 4.98 Å². The number of pyridine rings is 1. The number of phenolic OH excluding ortho intramolecular Hbond substituents is 1. The maximum atomic E-state index is 12.6. The number of carbonyl (C=O) groups is 1. The fourth-order valence-electron chi connectivity index (χ4n) is 2.61. The third kappa shape index (κ3) is 2.54. The average molecular weight is 284 g/mol. The number of methoxy groups -OCH3 is 1. The zero-order valence-corrected chi connectivity index (χ0v) is 11.7. The molecule has 0 bridgehead atoms. The Morgan fingerprint density at radius 1 is 1.33 bits per heavy atom. The summed E-state index contributed by atoms with van der Waals surface area (Å²) in [7, 11) is 1.53. The van der Waals surface area contributed by atoms with Gasteiger partial charge in [-0.2, -0.15) is 0 Å². The minimum atomic E-state index is -0.0803. The first kappa shape index (κ1) is 13.4. The highest BCUT2D eigenvalue weighted by molar-refractivity contribution is 5.96. The van der Waals surface area contributed by atoms with Crippen LogP contribution in [0.3, 0.4) is 0 Å². The van der Waals surface area contributed by atoms with Gasteiger partial charge in [-0.25, -0.2) is 0 Å². The van der Waals surface area contributed by atoms with Gasteiger partial charge in [-0.1, -0.05) is 6.07 Å². The molecule has 2 heterocycles. The van der Waals surface area contributed by atoms with Crippen molar-refractivity contribution in [2.24, 2.45) is 0 Å². The topological polar surface area (TPSA) is 62.7 Å². The molecule has 21 heavy (non-hydrogen) atoms. The number of carbonyl (C=O) groups excluding carboxylic acids is 1. The predicted octanol–water partition coefficient (Wildman–Crippen LogP) is 1.99. The van der Waals surface area contributed by atoms with Gasteiger partial charge in [0.1, 0.15) is 11.5 Å². The number of amides is 1. The fourth-order valence-corrected chi connectivity index (χ4v) is 2.61. The Bertz CT molecular complexity index is 685. The smallest absolute Gasteiger partial charge is 0.258 e. The van der Waals surface area contributed by atoms with E-state index >= 15 is 0 Å². The lowest BCUT2D eigenvalue weighted by Gasteiger charge is -2.29. The van der Waals surface area contributed by atoms with Crippen molar-refractivity contribution >= 4 is 5.91 Å². The average Bonchev–Trinajstić information content (AvgIpc) is 2.53.